The Hall–Kier alpha value is -3.03. The van der Waals surface area contributed by atoms with Crippen LogP contribution in [0.1, 0.15) is 27.3 Å². The fraction of sp³-hybridized carbons (Fsp3) is 0.190. The van der Waals surface area contributed by atoms with Crippen LogP contribution in [0.4, 0.5) is 5.69 Å². The molecule has 7 heteroatoms. The van der Waals surface area contributed by atoms with Crippen molar-refractivity contribution in [1.29, 1.82) is 0 Å². The van der Waals surface area contributed by atoms with Crippen molar-refractivity contribution in [2.24, 2.45) is 0 Å². The number of nitrogens with zero attached hydrogens (tertiary/aromatic N) is 2. The molecule has 0 saturated carbocycles. The first-order valence-electron chi connectivity index (χ1n) is 9.10. The first-order valence-corrected chi connectivity index (χ1v) is 9.92. The summed E-state index contributed by atoms with van der Waals surface area (Å²) in [6.07, 6.45) is 0.756. The molecular formula is C21H18N4O2S. The fourth-order valence-electron chi connectivity index (χ4n) is 3.34. The molecule has 0 fully saturated rings. The zero-order valence-electron chi connectivity index (χ0n) is 15.3. The lowest BCUT2D eigenvalue weighted by Crippen LogP contribution is -2.17. The summed E-state index contributed by atoms with van der Waals surface area (Å²) in [6, 6.07) is 14.0. The first-order chi connectivity index (χ1) is 13.7. The first kappa shape index (κ1) is 17.1. The van der Waals surface area contributed by atoms with Crippen LogP contribution in [0.5, 0.6) is 0 Å². The van der Waals surface area contributed by atoms with Gasteiger partial charge in [-0.15, -0.1) is 11.3 Å². The van der Waals surface area contributed by atoms with Crippen LogP contribution in [0.25, 0.3) is 20.8 Å². The maximum Gasteiger partial charge on any atom is 0.276 e. The van der Waals surface area contributed by atoms with E-state index in [2.05, 4.69) is 34.6 Å². The second-order valence-electron chi connectivity index (χ2n) is 6.85. The quantitative estimate of drug-likeness (QED) is 0.546. The van der Waals surface area contributed by atoms with E-state index in [0.29, 0.717) is 18.9 Å². The Morgan fingerprint density at radius 2 is 2.07 bits per heavy atom. The molecule has 3 heterocycles. The Morgan fingerprint density at radius 3 is 2.93 bits per heavy atom. The van der Waals surface area contributed by atoms with E-state index >= 15 is 0 Å². The van der Waals surface area contributed by atoms with Crippen LogP contribution in [-0.2, 0) is 17.8 Å². The van der Waals surface area contributed by atoms with Crippen molar-refractivity contribution in [1.82, 2.24) is 15.2 Å². The summed E-state index contributed by atoms with van der Waals surface area (Å²) in [5, 5.41) is 11.0. The highest BCUT2D eigenvalue weighted by Gasteiger charge is 2.22. The standard InChI is InChI=1S/C21H18N4O2S/c1-12-2-7-17-18(10-12)28-21(23-17)13-3-5-14(6-4-13)22-20(26)19-15-11-27-9-8-16(15)24-25-19/h2-7,10H,8-9,11H2,1H3,(H,22,26)(H,24,25). The van der Waals surface area contributed by atoms with Crippen LogP contribution in [0.2, 0.25) is 0 Å². The van der Waals surface area contributed by atoms with E-state index in [1.165, 1.54) is 10.3 Å². The van der Waals surface area contributed by atoms with Crippen molar-refractivity contribution in [2.75, 3.05) is 11.9 Å². The molecule has 0 radical (unpaired) electrons. The molecule has 28 heavy (non-hydrogen) atoms. The number of aromatic nitrogens is 3. The lowest BCUT2D eigenvalue weighted by atomic mass is 10.1. The van der Waals surface area contributed by atoms with Gasteiger partial charge in [0.05, 0.1) is 23.4 Å². The van der Waals surface area contributed by atoms with Gasteiger partial charge in [0.2, 0.25) is 0 Å². The smallest absolute Gasteiger partial charge is 0.276 e. The van der Waals surface area contributed by atoms with Gasteiger partial charge in [0.25, 0.3) is 5.91 Å². The van der Waals surface area contributed by atoms with Gasteiger partial charge in [-0.1, -0.05) is 6.07 Å². The summed E-state index contributed by atoms with van der Waals surface area (Å²) in [6.45, 7) is 3.16. The van der Waals surface area contributed by atoms with Crippen molar-refractivity contribution in [3.8, 4) is 10.6 Å². The number of rotatable bonds is 3. The Morgan fingerprint density at radius 1 is 1.21 bits per heavy atom. The zero-order valence-corrected chi connectivity index (χ0v) is 16.1. The number of anilines is 1. The number of aromatic amines is 1. The van der Waals surface area contributed by atoms with Gasteiger partial charge in [0, 0.05) is 28.9 Å². The summed E-state index contributed by atoms with van der Waals surface area (Å²) in [5.74, 6) is -0.230. The average molecular weight is 390 g/mol. The van der Waals surface area contributed by atoms with E-state index in [4.69, 9.17) is 9.72 Å². The molecule has 2 aromatic heterocycles. The molecule has 1 amide bonds. The van der Waals surface area contributed by atoms with Crippen LogP contribution in [-0.4, -0.2) is 27.7 Å². The van der Waals surface area contributed by atoms with Gasteiger partial charge in [0.15, 0.2) is 5.69 Å². The number of amides is 1. The monoisotopic (exact) mass is 390 g/mol. The minimum absolute atomic E-state index is 0.230. The number of carbonyl (C=O) groups excluding carboxylic acids is 1. The van der Waals surface area contributed by atoms with E-state index in [0.717, 1.165) is 39.5 Å². The predicted molar refractivity (Wildman–Crippen MR) is 110 cm³/mol. The molecule has 1 aliphatic rings. The van der Waals surface area contributed by atoms with Crippen LogP contribution in [0.3, 0.4) is 0 Å². The van der Waals surface area contributed by atoms with Gasteiger partial charge in [-0.3, -0.25) is 9.89 Å². The second-order valence-corrected chi connectivity index (χ2v) is 7.88. The summed E-state index contributed by atoms with van der Waals surface area (Å²) in [7, 11) is 0. The minimum atomic E-state index is -0.230. The van der Waals surface area contributed by atoms with Gasteiger partial charge in [-0.25, -0.2) is 4.98 Å². The highest BCUT2D eigenvalue weighted by atomic mass is 32.1. The van der Waals surface area contributed by atoms with Crippen LogP contribution >= 0.6 is 11.3 Å². The van der Waals surface area contributed by atoms with Crippen molar-refractivity contribution in [2.45, 2.75) is 20.0 Å². The lowest BCUT2D eigenvalue weighted by molar-refractivity contribution is 0.0985. The van der Waals surface area contributed by atoms with E-state index < -0.39 is 0 Å². The maximum atomic E-state index is 12.6. The Balaban J connectivity index is 1.36. The van der Waals surface area contributed by atoms with E-state index in [1.807, 2.05) is 30.3 Å². The van der Waals surface area contributed by atoms with Crippen molar-refractivity contribution >= 4 is 33.1 Å². The summed E-state index contributed by atoms with van der Waals surface area (Å²) in [4.78, 5) is 17.3. The maximum absolute atomic E-state index is 12.6. The average Bonchev–Trinajstić information content (AvgIpc) is 3.32. The molecule has 4 aromatic rings. The van der Waals surface area contributed by atoms with Crippen molar-refractivity contribution in [3.63, 3.8) is 0 Å². The molecule has 0 bridgehead atoms. The molecule has 0 atom stereocenters. The van der Waals surface area contributed by atoms with E-state index in [-0.39, 0.29) is 5.91 Å². The number of carbonyl (C=O) groups is 1. The van der Waals surface area contributed by atoms with Gasteiger partial charge in [-0.2, -0.15) is 5.10 Å². The molecule has 0 saturated heterocycles. The number of benzene rings is 2. The normalized spacial score (nSPS) is 13.5. The minimum Gasteiger partial charge on any atom is -0.376 e. The molecule has 1 aliphatic heterocycles. The third kappa shape index (κ3) is 3.08. The van der Waals surface area contributed by atoms with Crippen LogP contribution < -0.4 is 5.32 Å². The van der Waals surface area contributed by atoms with Crippen molar-refractivity contribution in [3.05, 3.63) is 65.0 Å². The number of H-pyrrole nitrogens is 1. The Bertz CT molecular complexity index is 1180. The third-order valence-corrected chi connectivity index (χ3v) is 5.91. The molecule has 5 rings (SSSR count). The number of thiazole rings is 1. The number of ether oxygens (including phenoxy) is 1. The van der Waals surface area contributed by atoms with Crippen LogP contribution in [0.15, 0.2) is 42.5 Å². The lowest BCUT2D eigenvalue weighted by Gasteiger charge is -2.12. The topological polar surface area (TPSA) is 79.9 Å². The van der Waals surface area contributed by atoms with Gasteiger partial charge < -0.3 is 10.1 Å². The van der Waals surface area contributed by atoms with Crippen LogP contribution in [0, 0.1) is 6.92 Å². The molecule has 2 N–H and O–H groups in total. The molecule has 140 valence electrons. The Kier molecular flexibility index (Phi) is 4.18. The third-order valence-electron chi connectivity index (χ3n) is 4.84. The van der Waals surface area contributed by atoms with Gasteiger partial charge in [-0.05, 0) is 48.9 Å². The number of hydrogen-bond donors (Lipinski definition) is 2. The number of nitrogens with one attached hydrogen (secondary N) is 2. The molecule has 0 unspecified atom stereocenters. The predicted octanol–water partition coefficient (Wildman–Crippen LogP) is 4.32. The molecule has 0 aliphatic carbocycles. The highest BCUT2D eigenvalue weighted by Crippen LogP contribution is 2.31. The van der Waals surface area contributed by atoms with Gasteiger partial charge >= 0.3 is 0 Å². The number of hydrogen-bond acceptors (Lipinski definition) is 5. The number of fused-ring (bicyclic) bond motifs is 2. The van der Waals surface area contributed by atoms with Gasteiger partial charge in [0.1, 0.15) is 5.01 Å². The summed E-state index contributed by atoms with van der Waals surface area (Å²) in [5.41, 5.74) is 6.23. The van der Waals surface area contributed by atoms with Crippen molar-refractivity contribution < 1.29 is 9.53 Å². The number of aryl methyl sites for hydroxylation is 1. The van der Waals surface area contributed by atoms with E-state index in [9.17, 15) is 4.79 Å². The molecule has 2 aromatic carbocycles. The summed E-state index contributed by atoms with van der Waals surface area (Å²) < 4.78 is 6.63. The second kappa shape index (κ2) is 6.85. The van der Waals surface area contributed by atoms with E-state index in [1.54, 1.807) is 11.3 Å². The highest BCUT2D eigenvalue weighted by molar-refractivity contribution is 7.21. The fourth-order valence-corrected chi connectivity index (χ4v) is 4.41. The zero-order chi connectivity index (χ0) is 19.1. The molecular weight excluding hydrogens is 372 g/mol. The summed E-state index contributed by atoms with van der Waals surface area (Å²) >= 11 is 1.67. The largest absolute Gasteiger partial charge is 0.376 e. The SMILES string of the molecule is Cc1ccc2nc(-c3ccc(NC(=O)c4n[nH]c5c4COCC5)cc3)sc2c1. The molecule has 0 spiro atoms. The molecule has 6 nitrogen and oxygen atoms in total. The Labute approximate surface area is 165 Å².